The number of hydrogen-bond acceptors (Lipinski definition) is 4. The van der Waals surface area contributed by atoms with E-state index in [1.807, 2.05) is 53.9 Å². The summed E-state index contributed by atoms with van der Waals surface area (Å²) in [6.07, 6.45) is 2.00. The van der Waals surface area contributed by atoms with Gasteiger partial charge in [-0.25, -0.2) is 4.98 Å². The highest BCUT2D eigenvalue weighted by atomic mass is 32.1. The first-order valence-corrected chi connectivity index (χ1v) is 9.71. The van der Waals surface area contributed by atoms with Crippen LogP contribution in [0.3, 0.4) is 0 Å². The van der Waals surface area contributed by atoms with E-state index in [0.717, 1.165) is 46.0 Å². The highest BCUT2D eigenvalue weighted by Crippen LogP contribution is 2.32. The minimum Gasteiger partial charge on any atom is -0.326 e. The van der Waals surface area contributed by atoms with Gasteiger partial charge in [-0.05, 0) is 49.2 Å². The molecular weight excluding hydrogens is 358 g/mol. The maximum absolute atomic E-state index is 11.8. The summed E-state index contributed by atoms with van der Waals surface area (Å²) in [5.41, 5.74) is 4.51. The first-order chi connectivity index (χ1) is 13.1. The number of aromatic nitrogens is 1. The lowest BCUT2D eigenvalue weighted by atomic mass is 10.1. The molecule has 1 fully saturated rings. The molecule has 1 heterocycles. The van der Waals surface area contributed by atoms with Crippen molar-refractivity contribution < 1.29 is 9.59 Å². The Labute approximate surface area is 161 Å². The fraction of sp³-hybridized carbons (Fsp3) is 0.190. The number of nitrogens with zero attached hydrogens (tertiary/aromatic N) is 1. The third-order valence-corrected chi connectivity index (χ3v) is 5.24. The molecule has 0 bridgehead atoms. The van der Waals surface area contributed by atoms with Gasteiger partial charge in [0.25, 0.3) is 0 Å². The molecule has 0 aliphatic heterocycles. The molecule has 2 aromatic carbocycles. The third-order valence-electron chi connectivity index (χ3n) is 4.35. The van der Waals surface area contributed by atoms with Gasteiger partial charge < -0.3 is 10.6 Å². The third kappa shape index (κ3) is 4.23. The molecule has 0 unspecified atom stereocenters. The van der Waals surface area contributed by atoms with E-state index in [0.29, 0.717) is 0 Å². The van der Waals surface area contributed by atoms with Crippen molar-refractivity contribution in [1.82, 2.24) is 4.98 Å². The topological polar surface area (TPSA) is 71.1 Å². The summed E-state index contributed by atoms with van der Waals surface area (Å²) in [7, 11) is 0. The fourth-order valence-electron chi connectivity index (χ4n) is 2.75. The Morgan fingerprint density at radius 2 is 1.52 bits per heavy atom. The van der Waals surface area contributed by atoms with Crippen molar-refractivity contribution in [2.45, 2.75) is 19.8 Å². The molecule has 5 nitrogen and oxygen atoms in total. The van der Waals surface area contributed by atoms with Crippen LogP contribution in [0.15, 0.2) is 53.9 Å². The molecule has 0 saturated heterocycles. The van der Waals surface area contributed by atoms with Crippen LogP contribution in [0, 0.1) is 5.92 Å². The number of nitrogens with one attached hydrogen (secondary N) is 2. The second-order valence-corrected chi connectivity index (χ2v) is 7.50. The average Bonchev–Trinajstić information content (AvgIpc) is 3.40. The highest BCUT2D eigenvalue weighted by molar-refractivity contribution is 7.13. The number of anilines is 2. The number of benzene rings is 2. The van der Waals surface area contributed by atoms with E-state index in [2.05, 4.69) is 10.6 Å². The SMILES string of the molecule is CC(=O)Nc1ccc(-c2csc(-c3ccc(NC(=O)C4CC4)cc3)n2)cc1. The zero-order valence-corrected chi connectivity index (χ0v) is 15.7. The van der Waals surface area contributed by atoms with Crippen molar-refractivity contribution in [3.63, 3.8) is 0 Å². The monoisotopic (exact) mass is 377 g/mol. The van der Waals surface area contributed by atoms with Crippen LogP contribution >= 0.6 is 11.3 Å². The van der Waals surface area contributed by atoms with Gasteiger partial charge >= 0.3 is 0 Å². The second kappa shape index (κ2) is 7.32. The average molecular weight is 377 g/mol. The van der Waals surface area contributed by atoms with Crippen molar-refractivity contribution in [1.29, 1.82) is 0 Å². The number of thiazole rings is 1. The molecule has 2 N–H and O–H groups in total. The highest BCUT2D eigenvalue weighted by Gasteiger charge is 2.29. The van der Waals surface area contributed by atoms with Crippen molar-refractivity contribution in [3.05, 3.63) is 53.9 Å². The van der Waals surface area contributed by atoms with Crippen LogP contribution in [0.5, 0.6) is 0 Å². The van der Waals surface area contributed by atoms with Crippen LogP contribution in [-0.2, 0) is 9.59 Å². The van der Waals surface area contributed by atoms with Gasteiger partial charge in [-0.3, -0.25) is 9.59 Å². The summed E-state index contributed by atoms with van der Waals surface area (Å²) in [4.78, 5) is 27.6. The molecule has 0 atom stereocenters. The van der Waals surface area contributed by atoms with Crippen LogP contribution in [0.4, 0.5) is 11.4 Å². The molecule has 1 aromatic heterocycles. The summed E-state index contributed by atoms with van der Waals surface area (Å²) >= 11 is 1.58. The Balaban J connectivity index is 1.47. The van der Waals surface area contributed by atoms with E-state index >= 15 is 0 Å². The maximum Gasteiger partial charge on any atom is 0.227 e. The number of carbonyl (C=O) groups excluding carboxylic acids is 2. The number of rotatable bonds is 5. The molecule has 2 amide bonds. The van der Waals surface area contributed by atoms with Gasteiger partial charge in [0.1, 0.15) is 5.01 Å². The predicted octanol–water partition coefficient (Wildman–Crippen LogP) is 4.78. The maximum atomic E-state index is 11.8. The van der Waals surface area contributed by atoms with Crippen molar-refractivity contribution in [2.75, 3.05) is 10.6 Å². The smallest absolute Gasteiger partial charge is 0.227 e. The standard InChI is InChI=1S/C21H19N3O2S/c1-13(25)22-17-8-4-14(5-9-17)19-12-27-21(24-19)16-6-10-18(11-7-16)23-20(26)15-2-3-15/h4-12,15H,2-3H2,1H3,(H,22,25)(H,23,26). The van der Waals surface area contributed by atoms with Crippen molar-refractivity contribution >= 4 is 34.5 Å². The Morgan fingerprint density at radius 1 is 0.926 bits per heavy atom. The normalized spacial score (nSPS) is 13.2. The largest absolute Gasteiger partial charge is 0.326 e. The lowest BCUT2D eigenvalue weighted by molar-refractivity contribution is -0.117. The molecule has 1 saturated carbocycles. The molecule has 1 aliphatic rings. The molecule has 1 aliphatic carbocycles. The van der Waals surface area contributed by atoms with Gasteiger partial charge in [0.15, 0.2) is 0 Å². The minimum absolute atomic E-state index is 0.0875. The lowest BCUT2D eigenvalue weighted by Crippen LogP contribution is -2.12. The number of carbonyl (C=O) groups is 2. The number of hydrogen-bond donors (Lipinski definition) is 2. The van der Waals surface area contributed by atoms with Gasteiger partial charge in [0, 0.05) is 40.7 Å². The van der Waals surface area contributed by atoms with Gasteiger partial charge in [-0.15, -0.1) is 11.3 Å². The zero-order chi connectivity index (χ0) is 18.8. The van der Waals surface area contributed by atoms with Crippen molar-refractivity contribution in [3.8, 4) is 21.8 Å². The quantitative estimate of drug-likeness (QED) is 0.672. The summed E-state index contributed by atoms with van der Waals surface area (Å²) in [6, 6.07) is 15.4. The van der Waals surface area contributed by atoms with E-state index in [4.69, 9.17) is 4.98 Å². The molecule has 136 valence electrons. The van der Waals surface area contributed by atoms with Gasteiger partial charge in [-0.1, -0.05) is 12.1 Å². The molecule has 3 aromatic rings. The van der Waals surface area contributed by atoms with Crippen LogP contribution in [-0.4, -0.2) is 16.8 Å². The van der Waals surface area contributed by atoms with Gasteiger partial charge in [0.05, 0.1) is 5.69 Å². The van der Waals surface area contributed by atoms with E-state index in [1.165, 1.54) is 6.92 Å². The molecular formula is C21H19N3O2S. The Kier molecular flexibility index (Phi) is 4.73. The van der Waals surface area contributed by atoms with Crippen LogP contribution in [0.25, 0.3) is 21.8 Å². The summed E-state index contributed by atoms with van der Waals surface area (Å²) in [5, 5.41) is 8.65. The second-order valence-electron chi connectivity index (χ2n) is 6.64. The van der Waals surface area contributed by atoms with Crippen molar-refractivity contribution in [2.24, 2.45) is 5.92 Å². The van der Waals surface area contributed by atoms with E-state index in [1.54, 1.807) is 11.3 Å². The summed E-state index contributed by atoms with van der Waals surface area (Å²) < 4.78 is 0. The molecule has 0 spiro atoms. The minimum atomic E-state index is -0.0875. The number of amides is 2. The van der Waals surface area contributed by atoms with E-state index in [-0.39, 0.29) is 17.7 Å². The molecule has 0 radical (unpaired) electrons. The summed E-state index contributed by atoms with van der Waals surface area (Å²) in [6.45, 7) is 1.49. The molecule has 27 heavy (non-hydrogen) atoms. The van der Waals surface area contributed by atoms with Gasteiger partial charge in [0.2, 0.25) is 11.8 Å². The van der Waals surface area contributed by atoms with E-state index in [9.17, 15) is 9.59 Å². The molecule has 4 rings (SSSR count). The fourth-order valence-corrected chi connectivity index (χ4v) is 3.59. The molecule has 6 heteroatoms. The first kappa shape index (κ1) is 17.4. The Hall–Kier alpha value is -2.99. The zero-order valence-electron chi connectivity index (χ0n) is 14.9. The van der Waals surface area contributed by atoms with E-state index < -0.39 is 0 Å². The first-order valence-electron chi connectivity index (χ1n) is 8.83. The van der Waals surface area contributed by atoms with Crippen LogP contribution in [0.1, 0.15) is 19.8 Å². The Morgan fingerprint density at radius 3 is 2.11 bits per heavy atom. The van der Waals surface area contributed by atoms with Gasteiger partial charge in [-0.2, -0.15) is 0 Å². The summed E-state index contributed by atoms with van der Waals surface area (Å²) in [5.74, 6) is 0.223. The predicted molar refractivity (Wildman–Crippen MR) is 109 cm³/mol. The van der Waals surface area contributed by atoms with Crippen LogP contribution < -0.4 is 10.6 Å². The lowest BCUT2D eigenvalue weighted by Gasteiger charge is -2.05. The van der Waals surface area contributed by atoms with Crippen LogP contribution in [0.2, 0.25) is 0 Å². The Bertz CT molecular complexity index is 973.